The lowest BCUT2D eigenvalue weighted by molar-refractivity contribution is 0.268. The van der Waals surface area contributed by atoms with Gasteiger partial charge in [0.1, 0.15) is 5.82 Å². The summed E-state index contributed by atoms with van der Waals surface area (Å²) in [5, 5.41) is 11.9. The first-order valence-electron chi connectivity index (χ1n) is 4.73. The third-order valence-corrected chi connectivity index (χ3v) is 2.36. The standard InChI is InChI=1S/C11H16FNO/c1-8-3-4-9(7-10(8)12)11(13-2)5-6-14/h3-4,7,11,13-14H,5-6H2,1-2H3. The van der Waals surface area contributed by atoms with Crippen LogP contribution in [0.3, 0.4) is 0 Å². The summed E-state index contributed by atoms with van der Waals surface area (Å²) in [6.07, 6.45) is 0.596. The molecule has 0 saturated carbocycles. The Kier molecular flexibility index (Phi) is 4.04. The molecule has 0 aliphatic rings. The molecule has 78 valence electrons. The number of hydrogen-bond donors (Lipinski definition) is 2. The van der Waals surface area contributed by atoms with Crippen LogP contribution in [0.25, 0.3) is 0 Å². The predicted octanol–water partition coefficient (Wildman–Crippen LogP) is 1.78. The van der Waals surface area contributed by atoms with Crippen molar-refractivity contribution in [3.63, 3.8) is 0 Å². The molecular formula is C11H16FNO. The summed E-state index contributed by atoms with van der Waals surface area (Å²) in [5.41, 5.74) is 1.53. The highest BCUT2D eigenvalue weighted by Gasteiger charge is 2.09. The number of aliphatic hydroxyl groups is 1. The molecule has 0 bridgehead atoms. The van der Waals surface area contributed by atoms with Crippen molar-refractivity contribution in [1.82, 2.24) is 5.32 Å². The molecule has 0 amide bonds. The first-order valence-corrected chi connectivity index (χ1v) is 4.73. The third kappa shape index (κ3) is 2.53. The van der Waals surface area contributed by atoms with E-state index in [2.05, 4.69) is 5.32 Å². The molecule has 2 nitrogen and oxygen atoms in total. The van der Waals surface area contributed by atoms with E-state index in [0.29, 0.717) is 12.0 Å². The van der Waals surface area contributed by atoms with E-state index in [4.69, 9.17) is 5.11 Å². The first kappa shape index (κ1) is 11.1. The van der Waals surface area contributed by atoms with Crippen molar-refractivity contribution in [3.05, 3.63) is 35.1 Å². The zero-order valence-corrected chi connectivity index (χ0v) is 8.55. The SMILES string of the molecule is CNC(CCO)c1ccc(C)c(F)c1. The molecule has 0 aliphatic heterocycles. The fraction of sp³-hybridized carbons (Fsp3) is 0.455. The van der Waals surface area contributed by atoms with Gasteiger partial charge in [-0.1, -0.05) is 12.1 Å². The van der Waals surface area contributed by atoms with Crippen molar-refractivity contribution in [2.24, 2.45) is 0 Å². The van der Waals surface area contributed by atoms with Gasteiger partial charge in [-0.3, -0.25) is 0 Å². The lowest BCUT2D eigenvalue weighted by Gasteiger charge is -2.15. The highest BCUT2D eigenvalue weighted by Crippen LogP contribution is 2.18. The second-order valence-corrected chi connectivity index (χ2v) is 3.36. The Morgan fingerprint density at radius 3 is 2.71 bits per heavy atom. The minimum Gasteiger partial charge on any atom is -0.396 e. The predicted molar refractivity (Wildman–Crippen MR) is 54.6 cm³/mol. The number of halogens is 1. The van der Waals surface area contributed by atoms with Crippen LogP contribution in [0.4, 0.5) is 4.39 Å². The van der Waals surface area contributed by atoms with E-state index >= 15 is 0 Å². The normalized spacial score (nSPS) is 12.9. The second-order valence-electron chi connectivity index (χ2n) is 3.36. The van der Waals surface area contributed by atoms with Gasteiger partial charge in [-0.05, 0) is 37.6 Å². The molecule has 14 heavy (non-hydrogen) atoms. The fourth-order valence-corrected chi connectivity index (χ4v) is 1.43. The van der Waals surface area contributed by atoms with Crippen molar-refractivity contribution < 1.29 is 9.50 Å². The molecule has 1 unspecified atom stereocenters. The number of hydrogen-bond acceptors (Lipinski definition) is 2. The van der Waals surface area contributed by atoms with Crippen molar-refractivity contribution in [2.45, 2.75) is 19.4 Å². The molecule has 3 heteroatoms. The van der Waals surface area contributed by atoms with Gasteiger partial charge in [0.05, 0.1) is 0 Å². The van der Waals surface area contributed by atoms with Crippen LogP contribution in [0.2, 0.25) is 0 Å². The lowest BCUT2D eigenvalue weighted by Crippen LogP contribution is -2.17. The van der Waals surface area contributed by atoms with Crippen LogP contribution in [-0.2, 0) is 0 Å². The topological polar surface area (TPSA) is 32.3 Å². The molecule has 2 N–H and O–H groups in total. The monoisotopic (exact) mass is 197 g/mol. The Morgan fingerprint density at radius 2 is 2.21 bits per heavy atom. The van der Waals surface area contributed by atoms with E-state index in [1.807, 2.05) is 6.07 Å². The van der Waals surface area contributed by atoms with E-state index in [-0.39, 0.29) is 18.5 Å². The number of nitrogens with one attached hydrogen (secondary N) is 1. The first-order chi connectivity index (χ1) is 6.69. The van der Waals surface area contributed by atoms with Gasteiger partial charge >= 0.3 is 0 Å². The fourth-order valence-electron chi connectivity index (χ4n) is 1.43. The smallest absolute Gasteiger partial charge is 0.126 e. The molecule has 0 spiro atoms. The van der Waals surface area contributed by atoms with E-state index in [0.717, 1.165) is 5.56 Å². The van der Waals surface area contributed by atoms with Gasteiger partial charge in [0, 0.05) is 12.6 Å². The summed E-state index contributed by atoms with van der Waals surface area (Å²) in [5.74, 6) is -0.194. The summed E-state index contributed by atoms with van der Waals surface area (Å²) in [6.45, 7) is 1.83. The average Bonchev–Trinajstić information content (AvgIpc) is 2.19. The van der Waals surface area contributed by atoms with E-state index in [9.17, 15) is 4.39 Å². The molecule has 1 rings (SSSR count). The van der Waals surface area contributed by atoms with Gasteiger partial charge in [0.25, 0.3) is 0 Å². The summed E-state index contributed by atoms with van der Waals surface area (Å²) >= 11 is 0. The summed E-state index contributed by atoms with van der Waals surface area (Å²) in [4.78, 5) is 0. The quantitative estimate of drug-likeness (QED) is 0.771. The maximum Gasteiger partial charge on any atom is 0.126 e. The average molecular weight is 197 g/mol. The Hall–Kier alpha value is -0.930. The Labute approximate surface area is 83.8 Å². The molecule has 0 aromatic heterocycles. The Morgan fingerprint density at radius 1 is 1.50 bits per heavy atom. The molecule has 1 aromatic rings. The van der Waals surface area contributed by atoms with Gasteiger partial charge in [-0.25, -0.2) is 4.39 Å². The Balaban J connectivity index is 2.88. The number of benzene rings is 1. The van der Waals surface area contributed by atoms with Crippen LogP contribution in [0.1, 0.15) is 23.6 Å². The number of aryl methyl sites for hydroxylation is 1. The number of aliphatic hydroxyl groups excluding tert-OH is 1. The van der Waals surface area contributed by atoms with Crippen LogP contribution >= 0.6 is 0 Å². The molecule has 1 atom stereocenters. The summed E-state index contributed by atoms with van der Waals surface area (Å²) in [7, 11) is 1.80. The van der Waals surface area contributed by atoms with Crippen molar-refractivity contribution >= 4 is 0 Å². The highest BCUT2D eigenvalue weighted by atomic mass is 19.1. The maximum absolute atomic E-state index is 13.2. The zero-order chi connectivity index (χ0) is 10.6. The molecule has 0 heterocycles. The summed E-state index contributed by atoms with van der Waals surface area (Å²) < 4.78 is 13.2. The van der Waals surface area contributed by atoms with Gasteiger partial charge in [-0.2, -0.15) is 0 Å². The lowest BCUT2D eigenvalue weighted by atomic mass is 10.0. The van der Waals surface area contributed by atoms with Crippen LogP contribution in [0.5, 0.6) is 0 Å². The molecular weight excluding hydrogens is 181 g/mol. The van der Waals surface area contributed by atoms with Gasteiger partial charge < -0.3 is 10.4 Å². The molecule has 0 radical (unpaired) electrons. The van der Waals surface area contributed by atoms with Crippen LogP contribution in [-0.4, -0.2) is 18.8 Å². The van der Waals surface area contributed by atoms with Crippen molar-refractivity contribution in [3.8, 4) is 0 Å². The van der Waals surface area contributed by atoms with Crippen molar-refractivity contribution in [1.29, 1.82) is 0 Å². The maximum atomic E-state index is 13.2. The summed E-state index contributed by atoms with van der Waals surface area (Å²) in [6, 6.07) is 5.18. The number of rotatable bonds is 4. The van der Waals surface area contributed by atoms with Crippen molar-refractivity contribution in [2.75, 3.05) is 13.7 Å². The highest BCUT2D eigenvalue weighted by molar-refractivity contribution is 5.25. The van der Waals surface area contributed by atoms with Crippen LogP contribution in [0, 0.1) is 12.7 Å². The van der Waals surface area contributed by atoms with Gasteiger partial charge in [-0.15, -0.1) is 0 Å². The van der Waals surface area contributed by atoms with Crippen LogP contribution in [0.15, 0.2) is 18.2 Å². The molecule has 0 fully saturated rings. The minimum atomic E-state index is -0.194. The van der Waals surface area contributed by atoms with Gasteiger partial charge in [0.15, 0.2) is 0 Å². The molecule has 1 aromatic carbocycles. The second kappa shape index (κ2) is 5.08. The largest absolute Gasteiger partial charge is 0.396 e. The van der Waals surface area contributed by atoms with E-state index in [1.54, 1.807) is 20.0 Å². The minimum absolute atomic E-state index is 0.0232. The van der Waals surface area contributed by atoms with E-state index < -0.39 is 0 Å². The van der Waals surface area contributed by atoms with Gasteiger partial charge in [0.2, 0.25) is 0 Å². The molecule has 0 saturated heterocycles. The van der Waals surface area contributed by atoms with Crippen LogP contribution < -0.4 is 5.32 Å². The third-order valence-electron chi connectivity index (χ3n) is 2.36. The Bertz CT molecular complexity index is 301. The molecule has 0 aliphatic carbocycles. The zero-order valence-electron chi connectivity index (χ0n) is 8.55. The van der Waals surface area contributed by atoms with E-state index in [1.165, 1.54) is 6.07 Å².